The van der Waals surface area contributed by atoms with Gasteiger partial charge in [-0.05, 0) is 25.3 Å². The zero-order valence-electron chi connectivity index (χ0n) is 11.3. The zero-order chi connectivity index (χ0) is 13.9. The predicted molar refractivity (Wildman–Crippen MR) is 72.8 cm³/mol. The summed E-state index contributed by atoms with van der Waals surface area (Å²) in [5.41, 5.74) is 7.68. The molecule has 0 aliphatic carbocycles. The third-order valence-electron chi connectivity index (χ3n) is 3.24. The standard InChI is InChI=1S/C13H17N5O2/c1-9-7-11(20-10-3-2-6-19-8-10)16-13(14)12(9)18-5-4-15-17-18/h4-5,7,10H,2-3,6,8H2,1H3,(H2,14,16). The summed E-state index contributed by atoms with van der Waals surface area (Å²) in [7, 11) is 0. The van der Waals surface area contributed by atoms with Gasteiger partial charge in [0.1, 0.15) is 11.8 Å². The van der Waals surface area contributed by atoms with Crippen molar-refractivity contribution in [1.29, 1.82) is 0 Å². The highest BCUT2D eigenvalue weighted by atomic mass is 16.5. The smallest absolute Gasteiger partial charge is 0.215 e. The molecule has 1 atom stereocenters. The summed E-state index contributed by atoms with van der Waals surface area (Å²) in [5.74, 6) is 0.904. The van der Waals surface area contributed by atoms with Crippen molar-refractivity contribution in [3.63, 3.8) is 0 Å². The molecule has 7 heteroatoms. The third-order valence-corrected chi connectivity index (χ3v) is 3.24. The lowest BCUT2D eigenvalue weighted by Gasteiger charge is -2.23. The highest BCUT2D eigenvalue weighted by Crippen LogP contribution is 2.24. The summed E-state index contributed by atoms with van der Waals surface area (Å²) in [6.45, 7) is 3.35. The van der Waals surface area contributed by atoms with Crippen LogP contribution in [0.15, 0.2) is 18.5 Å². The molecule has 2 aromatic heterocycles. The van der Waals surface area contributed by atoms with Crippen molar-refractivity contribution in [3.05, 3.63) is 24.0 Å². The number of nitrogens with two attached hydrogens (primary N) is 1. The van der Waals surface area contributed by atoms with Gasteiger partial charge in [-0.15, -0.1) is 5.10 Å². The van der Waals surface area contributed by atoms with Gasteiger partial charge in [0.2, 0.25) is 5.88 Å². The molecule has 2 aromatic rings. The summed E-state index contributed by atoms with van der Waals surface area (Å²) in [6, 6.07) is 1.86. The maximum Gasteiger partial charge on any atom is 0.215 e. The van der Waals surface area contributed by atoms with Crippen molar-refractivity contribution in [2.75, 3.05) is 18.9 Å². The van der Waals surface area contributed by atoms with Crippen molar-refractivity contribution < 1.29 is 9.47 Å². The first kappa shape index (κ1) is 12.9. The fourth-order valence-electron chi connectivity index (χ4n) is 2.32. The summed E-state index contributed by atoms with van der Waals surface area (Å²) in [5, 5.41) is 7.72. The molecule has 0 amide bonds. The van der Waals surface area contributed by atoms with E-state index >= 15 is 0 Å². The number of nitrogens with zero attached hydrogens (tertiary/aromatic N) is 4. The van der Waals surface area contributed by atoms with E-state index in [-0.39, 0.29) is 6.10 Å². The molecule has 0 saturated carbocycles. The van der Waals surface area contributed by atoms with Crippen LogP contribution in [-0.2, 0) is 4.74 Å². The molecule has 106 valence electrons. The number of hydrogen-bond acceptors (Lipinski definition) is 6. The third kappa shape index (κ3) is 2.57. The van der Waals surface area contributed by atoms with Gasteiger partial charge >= 0.3 is 0 Å². The first-order chi connectivity index (χ1) is 9.74. The monoisotopic (exact) mass is 275 g/mol. The van der Waals surface area contributed by atoms with Gasteiger partial charge in [-0.3, -0.25) is 0 Å². The van der Waals surface area contributed by atoms with Gasteiger partial charge in [0.05, 0.1) is 19.0 Å². The first-order valence-electron chi connectivity index (χ1n) is 6.62. The number of ether oxygens (including phenoxy) is 2. The quantitative estimate of drug-likeness (QED) is 0.902. The number of aromatic nitrogens is 4. The van der Waals surface area contributed by atoms with Crippen molar-refractivity contribution in [2.45, 2.75) is 25.9 Å². The SMILES string of the molecule is Cc1cc(OC2CCCOC2)nc(N)c1-n1ccnn1. The maximum absolute atomic E-state index is 6.01. The highest BCUT2D eigenvalue weighted by molar-refractivity contribution is 5.58. The van der Waals surface area contributed by atoms with Crippen LogP contribution in [-0.4, -0.2) is 39.3 Å². The molecule has 2 N–H and O–H groups in total. The largest absolute Gasteiger partial charge is 0.472 e. The Morgan fingerprint density at radius 1 is 1.50 bits per heavy atom. The van der Waals surface area contributed by atoms with E-state index in [1.807, 2.05) is 13.0 Å². The minimum Gasteiger partial charge on any atom is -0.472 e. The molecule has 1 aliphatic heterocycles. The van der Waals surface area contributed by atoms with Crippen molar-refractivity contribution in [2.24, 2.45) is 0 Å². The molecule has 20 heavy (non-hydrogen) atoms. The van der Waals surface area contributed by atoms with Crippen LogP contribution in [0.3, 0.4) is 0 Å². The molecule has 7 nitrogen and oxygen atoms in total. The van der Waals surface area contributed by atoms with E-state index in [4.69, 9.17) is 15.2 Å². The maximum atomic E-state index is 6.01. The van der Waals surface area contributed by atoms with Gasteiger partial charge in [-0.1, -0.05) is 5.21 Å². The van der Waals surface area contributed by atoms with Gasteiger partial charge in [0, 0.05) is 12.7 Å². The van der Waals surface area contributed by atoms with Crippen LogP contribution in [0, 0.1) is 6.92 Å². The van der Waals surface area contributed by atoms with Gasteiger partial charge in [-0.25, -0.2) is 4.68 Å². The van der Waals surface area contributed by atoms with Gasteiger partial charge in [0.25, 0.3) is 0 Å². The molecule has 0 aromatic carbocycles. The Morgan fingerprint density at radius 2 is 2.40 bits per heavy atom. The van der Waals surface area contributed by atoms with E-state index in [9.17, 15) is 0 Å². The predicted octanol–water partition coefficient (Wildman–Crippen LogP) is 1.11. The van der Waals surface area contributed by atoms with E-state index in [2.05, 4.69) is 15.3 Å². The topological polar surface area (TPSA) is 88.1 Å². The van der Waals surface area contributed by atoms with Gasteiger partial charge in [0.15, 0.2) is 5.82 Å². The van der Waals surface area contributed by atoms with Crippen LogP contribution >= 0.6 is 0 Å². The minimum atomic E-state index is 0.0484. The van der Waals surface area contributed by atoms with Crippen molar-refractivity contribution in [1.82, 2.24) is 20.0 Å². The number of nitrogen functional groups attached to an aromatic ring is 1. The minimum absolute atomic E-state index is 0.0484. The molecule has 1 fully saturated rings. The fraction of sp³-hybridized carbons (Fsp3) is 0.462. The van der Waals surface area contributed by atoms with E-state index in [1.165, 1.54) is 0 Å². The second kappa shape index (κ2) is 5.46. The second-order valence-electron chi connectivity index (χ2n) is 4.82. The lowest BCUT2D eigenvalue weighted by atomic mass is 10.2. The Morgan fingerprint density at radius 3 is 3.05 bits per heavy atom. The Hall–Kier alpha value is -2.15. The molecule has 1 saturated heterocycles. The molecule has 3 rings (SSSR count). The Bertz CT molecular complexity index is 555. The second-order valence-corrected chi connectivity index (χ2v) is 4.82. The first-order valence-corrected chi connectivity index (χ1v) is 6.62. The lowest BCUT2D eigenvalue weighted by Crippen LogP contribution is -2.28. The van der Waals surface area contributed by atoms with Crippen LogP contribution in [0.5, 0.6) is 5.88 Å². The average Bonchev–Trinajstić information content (AvgIpc) is 2.93. The molecule has 0 bridgehead atoms. The Balaban J connectivity index is 1.84. The highest BCUT2D eigenvalue weighted by Gasteiger charge is 2.18. The molecule has 0 spiro atoms. The molecule has 1 unspecified atom stereocenters. The molecular formula is C13H17N5O2. The van der Waals surface area contributed by atoms with Crippen LogP contribution in [0.1, 0.15) is 18.4 Å². The summed E-state index contributed by atoms with van der Waals surface area (Å²) >= 11 is 0. The van der Waals surface area contributed by atoms with E-state index in [0.29, 0.717) is 18.3 Å². The molecule has 3 heterocycles. The number of aryl methyl sites for hydroxylation is 1. The molecule has 1 aliphatic rings. The average molecular weight is 275 g/mol. The Labute approximate surface area is 116 Å². The van der Waals surface area contributed by atoms with Crippen LogP contribution in [0.2, 0.25) is 0 Å². The lowest BCUT2D eigenvalue weighted by molar-refractivity contribution is 0.00554. The van der Waals surface area contributed by atoms with E-state index in [1.54, 1.807) is 17.1 Å². The summed E-state index contributed by atoms with van der Waals surface area (Å²) in [6.07, 6.45) is 5.37. The van der Waals surface area contributed by atoms with E-state index in [0.717, 1.165) is 30.7 Å². The number of pyridine rings is 1. The van der Waals surface area contributed by atoms with Crippen molar-refractivity contribution in [3.8, 4) is 11.6 Å². The van der Waals surface area contributed by atoms with Gasteiger partial charge < -0.3 is 15.2 Å². The molecule has 0 radical (unpaired) electrons. The fourth-order valence-corrected chi connectivity index (χ4v) is 2.32. The van der Waals surface area contributed by atoms with Crippen molar-refractivity contribution >= 4 is 5.82 Å². The van der Waals surface area contributed by atoms with Crippen LogP contribution < -0.4 is 10.5 Å². The number of rotatable bonds is 3. The normalized spacial score (nSPS) is 18.9. The summed E-state index contributed by atoms with van der Waals surface area (Å²) < 4.78 is 12.8. The number of anilines is 1. The summed E-state index contributed by atoms with van der Waals surface area (Å²) in [4.78, 5) is 4.30. The zero-order valence-corrected chi connectivity index (χ0v) is 11.3. The van der Waals surface area contributed by atoms with Crippen LogP contribution in [0.4, 0.5) is 5.82 Å². The van der Waals surface area contributed by atoms with E-state index < -0.39 is 0 Å². The molecular weight excluding hydrogens is 258 g/mol. The van der Waals surface area contributed by atoms with Gasteiger partial charge in [-0.2, -0.15) is 4.98 Å². The Kier molecular flexibility index (Phi) is 3.51. The van der Waals surface area contributed by atoms with Crippen LogP contribution in [0.25, 0.3) is 5.69 Å². The number of hydrogen-bond donors (Lipinski definition) is 1.